The standard InChI is InChI=1S/C16H16F2N6O2/c17-15(18)24-6-3-9(22-24)14(25)19-12-7-10-11(21-16(26)20-10)8-13(12)23-4-1-2-5-23/h3,6-8,15H,1-2,4-5H2,(H,19,25)(H2,20,21,26). The molecule has 136 valence electrons. The number of carbonyl (C=O) groups is 1. The molecule has 1 aliphatic rings. The zero-order valence-corrected chi connectivity index (χ0v) is 13.6. The molecular formula is C16H16F2N6O2. The number of H-pyrrole nitrogens is 2. The number of aromatic nitrogens is 4. The van der Waals surface area contributed by atoms with Crippen molar-refractivity contribution in [2.24, 2.45) is 0 Å². The van der Waals surface area contributed by atoms with Crippen LogP contribution in [0.5, 0.6) is 0 Å². The number of benzene rings is 1. The van der Waals surface area contributed by atoms with E-state index in [1.165, 1.54) is 6.07 Å². The number of nitrogens with one attached hydrogen (secondary N) is 3. The zero-order chi connectivity index (χ0) is 18.3. The van der Waals surface area contributed by atoms with E-state index in [2.05, 4.69) is 25.3 Å². The summed E-state index contributed by atoms with van der Waals surface area (Å²) in [6, 6.07) is 4.68. The molecule has 3 heterocycles. The molecule has 1 amide bonds. The van der Waals surface area contributed by atoms with E-state index in [1.54, 1.807) is 12.1 Å². The summed E-state index contributed by atoms with van der Waals surface area (Å²) in [5.74, 6) is -0.595. The molecule has 3 N–H and O–H groups in total. The SMILES string of the molecule is O=C(Nc1cc2[nH]c(=O)[nH]c2cc1N1CCCC1)c1ccn(C(F)F)n1. The monoisotopic (exact) mass is 362 g/mol. The largest absolute Gasteiger partial charge is 0.370 e. The molecule has 2 aromatic heterocycles. The van der Waals surface area contributed by atoms with Gasteiger partial charge in [-0.1, -0.05) is 0 Å². The highest BCUT2D eigenvalue weighted by Crippen LogP contribution is 2.32. The highest BCUT2D eigenvalue weighted by molar-refractivity contribution is 6.06. The topological polar surface area (TPSA) is 98.8 Å². The smallest absolute Gasteiger partial charge is 0.333 e. The maximum absolute atomic E-state index is 12.6. The molecule has 0 aliphatic carbocycles. The highest BCUT2D eigenvalue weighted by atomic mass is 19.3. The van der Waals surface area contributed by atoms with Crippen molar-refractivity contribution in [2.45, 2.75) is 19.4 Å². The highest BCUT2D eigenvalue weighted by Gasteiger charge is 2.20. The number of aromatic amines is 2. The molecule has 1 fully saturated rings. The lowest BCUT2D eigenvalue weighted by molar-refractivity contribution is 0.0561. The number of hydrogen-bond acceptors (Lipinski definition) is 4. The van der Waals surface area contributed by atoms with Gasteiger partial charge < -0.3 is 20.2 Å². The fourth-order valence-corrected chi connectivity index (χ4v) is 3.14. The average molecular weight is 362 g/mol. The summed E-state index contributed by atoms with van der Waals surface area (Å²) in [5.41, 5.74) is 1.99. The molecule has 0 saturated carbocycles. The number of halogens is 2. The molecule has 0 radical (unpaired) electrons. The fraction of sp³-hybridized carbons (Fsp3) is 0.312. The first-order chi connectivity index (χ1) is 12.5. The minimum atomic E-state index is -2.81. The van der Waals surface area contributed by atoms with Gasteiger partial charge in [-0.05, 0) is 31.0 Å². The van der Waals surface area contributed by atoms with Gasteiger partial charge in [0.2, 0.25) is 0 Å². The van der Waals surface area contributed by atoms with Crippen LogP contribution in [0.25, 0.3) is 11.0 Å². The number of carbonyl (C=O) groups excluding carboxylic acids is 1. The summed E-state index contributed by atoms with van der Waals surface area (Å²) in [6.07, 6.45) is 3.12. The van der Waals surface area contributed by atoms with E-state index < -0.39 is 12.5 Å². The zero-order valence-electron chi connectivity index (χ0n) is 13.6. The van der Waals surface area contributed by atoms with Crippen molar-refractivity contribution < 1.29 is 13.6 Å². The van der Waals surface area contributed by atoms with Gasteiger partial charge in [-0.25, -0.2) is 9.48 Å². The third-order valence-corrected chi connectivity index (χ3v) is 4.37. The summed E-state index contributed by atoms with van der Waals surface area (Å²) >= 11 is 0. The maximum Gasteiger partial charge on any atom is 0.333 e. The van der Waals surface area contributed by atoms with Gasteiger partial charge in [-0.15, -0.1) is 0 Å². The van der Waals surface area contributed by atoms with E-state index in [-0.39, 0.29) is 11.4 Å². The van der Waals surface area contributed by atoms with Gasteiger partial charge in [-0.3, -0.25) is 4.79 Å². The van der Waals surface area contributed by atoms with Gasteiger partial charge in [0.15, 0.2) is 5.69 Å². The van der Waals surface area contributed by atoms with Crippen LogP contribution in [-0.4, -0.2) is 38.7 Å². The molecular weight excluding hydrogens is 346 g/mol. The second kappa shape index (κ2) is 6.28. The number of anilines is 2. The Morgan fingerprint density at radius 3 is 2.54 bits per heavy atom. The number of amides is 1. The molecule has 1 aliphatic heterocycles. The van der Waals surface area contributed by atoms with E-state index >= 15 is 0 Å². The van der Waals surface area contributed by atoms with Crippen molar-refractivity contribution in [3.8, 4) is 0 Å². The second-order valence-electron chi connectivity index (χ2n) is 6.10. The lowest BCUT2D eigenvalue weighted by atomic mass is 10.2. The molecule has 1 aromatic carbocycles. The number of imidazole rings is 1. The number of nitrogens with zero attached hydrogens (tertiary/aromatic N) is 3. The second-order valence-corrected chi connectivity index (χ2v) is 6.10. The maximum atomic E-state index is 12.6. The van der Waals surface area contributed by atoms with Gasteiger partial charge in [0.25, 0.3) is 5.91 Å². The summed E-state index contributed by atoms with van der Waals surface area (Å²) in [5, 5.41) is 6.30. The third-order valence-electron chi connectivity index (χ3n) is 4.37. The Morgan fingerprint density at radius 2 is 1.88 bits per heavy atom. The summed E-state index contributed by atoms with van der Waals surface area (Å²) in [6.45, 7) is -1.13. The number of fused-ring (bicyclic) bond motifs is 1. The first kappa shape index (κ1) is 16.3. The Hall–Kier alpha value is -3.17. The van der Waals surface area contributed by atoms with E-state index in [1.807, 2.05) is 0 Å². The molecule has 1 saturated heterocycles. The Bertz CT molecular complexity index is 1020. The lowest BCUT2D eigenvalue weighted by Gasteiger charge is -2.21. The van der Waals surface area contributed by atoms with Crippen LogP contribution in [0.15, 0.2) is 29.2 Å². The first-order valence-electron chi connectivity index (χ1n) is 8.17. The fourth-order valence-electron chi connectivity index (χ4n) is 3.14. The van der Waals surface area contributed by atoms with E-state index in [9.17, 15) is 18.4 Å². The molecule has 0 atom stereocenters. The minimum absolute atomic E-state index is 0.111. The van der Waals surface area contributed by atoms with Crippen molar-refractivity contribution in [1.82, 2.24) is 19.7 Å². The van der Waals surface area contributed by atoms with Crippen molar-refractivity contribution >= 4 is 28.3 Å². The van der Waals surface area contributed by atoms with Crippen LogP contribution in [0, 0.1) is 0 Å². The molecule has 10 heteroatoms. The molecule has 3 aromatic rings. The average Bonchev–Trinajstić information content (AvgIpc) is 3.33. The van der Waals surface area contributed by atoms with E-state index in [0.29, 0.717) is 21.4 Å². The third kappa shape index (κ3) is 2.93. The van der Waals surface area contributed by atoms with Crippen molar-refractivity contribution in [1.29, 1.82) is 0 Å². The predicted molar refractivity (Wildman–Crippen MR) is 91.8 cm³/mol. The summed E-state index contributed by atoms with van der Waals surface area (Å²) < 4.78 is 25.7. The van der Waals surface area contributed by atoms with Crippen LogP contribution >= 0.6 is 0 Å². The molecule has 0 spiro atoms. The van der Waals surface area contributed by atoms with Crippen LogP contribution in [-0.2, 0) is 0 Å². The van der Waals surface area contributed by atoms with Gasteiger partial charge in [0, 0.05) is 19.3 Å². The predicted octanol–water partition coefficient (Wildman–Crippen LogP) is 2.30. The van der Waals surface area contributed by atoms with Crippen LogP contribution in [0.4, 0.5) is 20.2 Å². The minimum Gasteiger partial charge on any atom is -0.370 e. The Labute approximate surface area is 145 Å². The Morgan fingerprint density at radius 1 is 1.19 bits per heavy atom. The quantitative estimate of drug-likeness (QED) is 0.663. The van der Waals surface area contributed by atoms with Crippen molar-refractivity contribution in [3.63, 3.8) is 0 Å². The molecule has 26 heavy (non-hydrogen) atoms. The lowest BCUT2D eigenvalue weighted by Crippen LogP contribution is -2.21. The Kier molecular flexibility index (Phi) is 3.94. The summed E-state index contributed by atoms with van der Waals surface area (Å²) in [7, 11) is 0. The van der Waals surface area contributed by atoms with Gasteiger partial charge >= 0.3 is 12.2 Å². The van der Waals surface area contributed by atoms with Crippen molar-refractivity contribution in [2.75, 3.05) is 23.3 Å². The molecule has 0 unspecified atom stereocenters. The normalized spacial score (nSPS) is 14.5. The van der Waals surface area contributed by atoms with Crippen LogP contribution < -0.4 is 15.9 Å². The molecule has 0 bridgehead atoms. The van der Waals surface area contributed by atoms with E-state index in [0.717, 1.165) is 37.8 Å². The van der Waals surface area contributed by atoms with Crippen molar-refractivity contribution in [3.05, 3.63) is 40.6 Å². The number of rotatable bonds is 4. The van der Waals surface area contributed by atoms with Crippen LogP contribution in [0.2, 0.25) is 0 Å². The van der Waals surface area contributed by atoms with Gasteiger partial charge in [0.1, 0.15) is 0 Å². The number of hydrogen-bond donors (Lipinski definition) is 3. The van der Waals surface area contributed by atoms with E-state index in [4.69, 9.17) is 0 Å². The molecule has 4 rings (SSSR count). The van der Waals surface area contributed by atoms with Gasteiger partial charge in [0.05, 0.1) is 22.4 Å². The van der Waals surface area contributed by atoms with Gasteiger partial charge in [-0.2, -0.15) is 13.9 Å². The first-order valence-corrected chi connectivity index (χ1v) is 8.17. The molecule has 8 nitrogen and oxygen atoms in total. The van der Waals surface area contributed by atoms with Crippen LogP contribution in [0.1, 0.15) is 29.9 Å². The number of alkyl halides is 2. The Balaban J connectivity index is 1.70. The summed E-state index contributed by atoms with van der Waals surface area (Å²) in [4.78, 5) is 31.4. The van der Waals surface area contributed by atoms with Crippen LogP contribution in [0.3, 0.4) is 0 Å².